The number of sulfonamides is 1. The summed E-state index contributed by atoms with van der Waals surface area (Å²) in [6, 6.07) is 6.65. The molecule has 102 valence electrons. The number of aryl methyl sites for hydroxylation is 1. The third kappa shape index (κ3) is 4.40. The lowest BCUT2D eigenvalue weighted by molar-refractivity contribution is 0.465. The van der Waals surface area contributed by atoms with Crippen LogP contribution in [0, 0.1) is 12.8 Å². The van der Waals surface area contributed by atoms with Gasteiger partial charge in [-0.25, -0.2) is 13.1 Å². The standard InChI is InChI=1S/C13H22N2O2S/c1-10(2)7-12(9-14)15-18(16,17)13-6-4-5-11(3)8-13/h4-6,8,10,12,15H,7,9,14H2,1-3H3. The van der Waals surface area contributed by atoms with E-state index in [4.69, 9.17) is 5.73 Å². The Labute approximate surface area is 110 Å². The van der Waals surface area contributed by atoms with E-state index in [1.54, 1.807) is 18.2 Å². The van der Waals surface area contributed by atoms with E-state index in [1.807, 2.05) is 26.8 Å². The lowest BCUT2D eigenvalue weighted by atomic mass is 10.1. The van der Waals surface area contributed by atoms with Crippen LogP contribution in [-0.2, 0) is 10.0 Å². The van der Waals surface area contributed by atoms with Crippen LogP contribution in [0.25, 0.3) is 0 Å². The van der Waals surface area contributed by atoms with Crippen molar-refractivity contribution in [1.82, 2.24) is 4.72 Å². The number of hydrogen-bond donors (Lipinski definition) is 2. The van der Waals surface area contributed by atoms with Gasteiger partial charge in [0, 0.05) is 12.6 Å². The number of hydrogen-bond acceptors (Lipinski definition) is 3. The average Bonchev–Trinajstić information content (AvgIpc) is 2.27. The zero-order chi connectivity index (χ0) is 13.8. The fourth-order valence-corrected chi connectivity index (χ4v) is 3.20. The minimum atomic E-state index is -3.47. The number of nitrogens with two attached hydrogens (primary N) is 1. The lowest BCUT2D eigenvalue weighted by Crippen LogP contribution is -2.40. The van der Waals surface area contributed by atoms with E-state index in [0.29, 0.717) is 17.4 Å². The molecule has 18 heavy (non-hydrogen) atoms. The summed E-state index contributed by atoms with van der Waals surface area (Å²) in [7, 11) is -3.47. The van der Waals surface area contributed by atoms with Gasteiger partial charge >= 0.3 is 0 Å². The van der Waals surface area contributed by atoms with Gasteiger partial charge in [0.15, 0.2) is 0 Å². The van der Waals surface area contributed by atoms with Crippen LogP contribution in [0.4, 0.5) is 0 Å². The van der Waals surface area contributed by atoms with E-state index in [9.17, 15) is 8.42 Å². The lowest BCUT2D eigenvalue weighted by Gasteiger charge is -2.18. The van der Waals surface area contributed by atoms with Crippen LogP contribution in [0.1, 0.15) is 25.8 Å². The van der Waals surface area contributed by atoms with Crippen molar-refractivity contribution in [1.29, 1.82) is 0 Å². The van der Waals surface area contributed by atoms with Crippen molar-refractivity contribution in [3.63, 3.8) is 0 Å². The quantitative estimate of drug-likeness (QED) is 0.825. The fourth-order valence-electron chi connectivity index (χ4n) is 1.83. The number of benzene rings is 1. The summed E-state index contributed by atoms with van der Waals surface area (Å²) >= 11 is 0. The van der Waals surface area contributed by atoms with Gasteiger partial charge in [-0.1, -0.05) is 26.0 Å². The summed E-state index contributed by atoms with van der Waals surface area (Å²) in [6.45, 7) is 6.27. The molecule has 0 aliphatic carbocycles. The summed E-state index contributed by atoms with van der Waals surface area (Å²) in [5, 5.41) is 0. The van der Waals surface area contributed by atoms with E-state index >= 15 is 0 Å². The highest BCUT2D eigenvalue weighted by Gasteiger charge is 2.19. The zero-order valence-electron chi connectivity index (χ0n) is 11.2. The highest BCUT2D eigenvalue weighted by atomic mass is 32.2. The van der Waals surface area contributed by atoms with E-state index < -0.39 is 10.0 Å². The molecule has 0 amide bonds. The van der Waals surface area contributed by atoms with Crippen molar-refractivity contribution in [2.24, 2.45) is 11.7 Å². The van der Waals surface area contributed by atoms with Crippen LogP contribution in [0.15, 0.2) is 29.2 Å². The Balaban J connectivity index is 2.87. The van der Waals surface area contributed by atoms with Crippen LogP contribution in [0.5, 0.6) is 0 Å². The van der Waals surface area contributed by atoms with E-state index in [0.717, 1.165) is 12.0 Å². The van der Waals surface area contributed by atoms with E-state index in [2.05, 4.69) is 4.72 Å². The maximum Gasteiger partial charge on any atom is 0.240 e. The minimum Gasteiger partial charge on any atom is -0.329 e. The number of nitrogens with one attached hydrogen (secondary N) is 1. The summed E-state index contributed by atoms with van der Waals surface area (Å²) in [4.78, 5) is 0.296. The zero-order valence-corrected chi connectivity index (χ0v) is 12.0. The van der Waals surface area contributed by atoms with Crippen molar-refractivity contribution in [2.45, 2.75) is 38.1 Å². The van der Waals surface area contributed by atoms with Gasteiger partial charge in [0.2, 0.25) is 10.0 Å². The van der Waals surface area contributed by atoms with E-state index in [1.165, 1.54) is 0 Å². The highest BCUT2D eigenvalue weighted by Crippen LogP contribution is 2.13. The van der Waals surface area contributed by atoms with Gasteiger partial charge in [-0.3, -0.25) is 0 Å². The molecule has 1 unspecified atom stereocenters. The minimum absolute atomic E-state index is 0.212. The largest absolute Gasteiger partial charge is 0.329 e. The first-order chi connectivity index (χ1) is 8.35. The van der Waals surface area contributed by atoms with Crippen molar-refractivity contribution < 1.29 is 8.42 Å². The molecule has 1 rings (SSSR count). The van der Waals surface area contributed by atoms with Gasteiger partial charge in [-0.2, -0.15) is 0 Å². The first kappa shape index (κ1) is 15.1. The Morgan fingerprint density at radius 2 is 2.00 bits per heavy atom. The molecule has 0 fully saturated rings. The summed E-state index contributed by atoms with van der Waals surface area (Å²) in [5.74, 6) is 0.402. The second-order valence-electron chi connectivity index (χ2n) is 5.00. The van der Waals surface area contributed by atoms with Crippen LogP contribution >= 0.6 is 0 Å². The SMILES string of the molecule is Cc1cccc(S(=O)(=O)NC(CN)CC(C)C)c1. The first-order valence-electron chi connectivity index (χ1n) is 6.14. The molecular weight excluding hydrogens is 248 g/mol. The third-order valence-electron chi connectivity index (χ3n) is 2.66. The average molecular weight is 270 g/mol. The summed E-state index contributed by atoms with van der Waals surface area (Å²) in [5.41, 5.74) is 6.53. The maximum absolute atomic E-state index is 12.2. The van der Waals surface area contributed by atoms with Gasteiger partial charge < -0.3 is 5.73 Å². The Morgan fingerprint density at radius 1 is 1.33 bits per heavy atom. The topological polar surface area (TPSA) is 72.2 Å². The van der Waals surface area contributed by atoms with Gasteiger partial charge in [-0.05, 0) is 37.0 Å². The second-order valence-corrected chi connectivity index (χ2v) is 6.71. The summed E-state index contributed by atoms with van der Waals surface area (Å²) in [6.07, 6.45) is 0.738. The molecule has 0 radical (unpaired) electrons. The molecule has 1 atom stereocenters. The number of rotatable bonds is 6. The Bertz CT molecular complexity index is 484. The second kappa shape index (κ2) is 6.31. The molecule has 1 aromatic carbocycles. The summed E-state index contributed by atoms with van der Waals surface area (Å²) < 4.78 is 27.0. The van der Waals surface area contributed by atoms with Crippen LogP contribution in [0.2, 0.25) is 0 Å². The van der Waals surface area contributed by atoms with Gasteiger partial charge in [0.1, 0.15) is 0 Å². The van der Waals surface area contributed by atoms with Crippen molar-refractivity contribution in [3.05, 3.63) is 29.8 Å². The molecule has 0 aliphatic heterocycles. The Kier molecular flexibility index (Phi) is 5.31. The van der Waals surface area contributed by atoms with Crippen LogP contribution in [-0.4, -0.2) is 21.0 Å². The first-order valence-corrected chi connectivity index (χ1v) is 7.62. The monoisotopic (exact) mass is 270 g/mol. The fraction of sp³-hybridized carbons (Fsp3) is 0.538. The molecule has 0 saturated heterocycles. The Morgan fingerprint density at radius 3 is 2.50 bits per heavy atom. The predicted molar refractivity (Wildman–Crippen MR) is 73.8 cm³/mol. The van der Waals surface area contributed by atoms with Crippen molar-refractivity contribution in [2.75, 3.05) is 6.54 Å². The molecule has 0 aliphatic rings. The van der Waals surface area contributed by atoms with Gasteiger partial charge in [0.05, 0.1) is 4.90 Å². The molecule has 3 N–H and O–H groups in total. The maximum atomic E-state index is 12.2. The normalized spacial score (nSPS) is 13.8. The van der Waals surface area contributed by atoms with Gasteiger partial charge in [-0.15, -0.1) is 0 Å². The van der Waals surface area contributed by atoms with Gasteiger partial charge in [0.25, 0.3) is 0 Å². The highest BCUT2D eigenvalue weighted by molar-refractivity contribution is 7.89. The molecule has 1 aromatic rings. The molecular formula is C13H22N2O2S. The van der Waals surface area contributed by atoms with Crippen LogP contribution < -0.4 is 10.5 Å². The molecule has 0 saturated carbocycles. The molecule has 0 aromatic heterocycles. The van der Waals surface area contributed by atoms with E-state index in [-0.39, 0.29) is 6.04 Å². The molecule has 0 spiro atoms. The smallest absolute Gasteiger partial charge is 0.240 e. The Hall–Kier alpha value is -0.910. The molecule has 0 bridgehead atoms. The predicted octanol–water partition coefficient (Wildman–Crippen LogP) is 1.65. The van der Waals surface area contributed by atoms with Crippen molar-refractivity contribution >= 4 is 10.0 Å². The molecule has 4 nitrogen and oxygen atoms in total. The van der Waals surface area contributed by atoms with Crippen LogP contribution in [0.3, 0.4) is 0 Å². The third-order valence-corrected chi connectivity index (χ3v) is 4.18. The molecule has 5 heteroatoms. The van der Waals surface area contributed by atoms with Crippen molar-refractivity contribution in [3.8, 4) is 0 Å². The molecule has 0 heterocycles.